The van der Waals surface area contributed by atoms with Gasteiger partial charge < -0.3 is 4.74 Å². The van der Waals surface area contributed by atoms with E-state index >= 15 is 0 Å². The smallest absolute Gasteiger partial charge is 0.260 e. The van der Waals surface area contributed by atoms with E-state index in [1.165, 1.54) is 0 Å². The first-order valence-electron chi connectivity index (χ1n) is 8.94. The fourth-order valence-electron chi connectivity index (χ4n) is 4.29. The van der Waals surface area contributed by atoms with Crippen LogP contribution in [0, 0.1) is 0 Å². The van der Waals surface area contributed by atoms with Gasteiger partial charge in [-0.25, -0.2) is 8.42 Å². The first kappa shape index (κ1) is 16.5. The number of aromatic nitrogens is 2. The van der Waals surface area contributed by atoms with Gasteiger partial charge in [0, 0.05) is 58.0 Å². The molecule has 2 saturated heterocycles. The molecule has 3 aliphatic rings. The van der Waals surface area contributed by atoms with Crippen LogP contribution in [-0.2, 0) is 34.6 Å². The van der Waals surface area contributed by atoms with Gasteiger partial charge >= 0.3 is 0 Å². The van der Waals surface area contributed by atoms with Crippen LogP contribution in [0.3, 0.4) is 0 Å². The van der Waals surface area contributed by atoms with Crippen LogP contribution >= 0.6 is 0 Å². The van der Waals surface area contributed by atoms with Gasteiger partial charge in [0.2, 0.25) is 0 Å². The zero-order valence-corrected chi connectivity index (χ0v) is 15.1. The summed E-state index contributed by atoms with van der Waals surface area (Å²) in [7, 11) is -1.69. The average Bonchev–Trinajstić information content (AvgIpc) is 3.15. The van der Waals surface area contributed by atoms with Crippen LogP contribution in [0.25, 0.3) is 0 Å². The van der Waals surface area contributed by atoms with E-state index in [9.17, 15) is 8.42 Å². The summed E-state index contributed by atoms with van der Waals surface area (Å²) < 4.78 is 34.9. The Morgan fingerprint density at radius 2 is 1.79 bits per heavy atom. The quantitative estimate of drug-likeness (QED) is 0.786. The normalized spacial score (nSPS) is 24.4. The molecule has 0 aromatic carbocycles. The molecular formula is C16H26N4O3S. The SMILES string of the molecule is Cn1nc2c(c1S(=O)(=O)N1CCN(C3CCOCC3)CC1)CCC2. The van der Waals surface area contributed by atoms with Crippen molar-refractivity contribution in [3.8, 4) is 0 Å². The lowest BCUT2D eigenvalue weighted by Crippen LogP contribution is -2.53. The minimum absolute atomic E-state index is 0.425. The Kier molecular flexibility index (Phi) is 4.40. The molecule has 8 heteroatoms. The predicted molar refractivity (Wildman–Crippen MR) is 89.4 cm³/mol. The molecule has 0 amide bonds. The van der Waals surface area contributed by atoms with Crippen LogP contribution < -0.4 is 0 Å². The van der Waals surface area contributed by atoms with Crippen LogP contribution in [0.15, 0.2) is 5.03 Å². The van der Waals surface area contributed by atoms with Crippen molar-refractivity contribution in [1.29, 1.82) is 0 Å². The Hall–Kier alpha value is -0.960. The summed E-state index contributed by atoms with van der Waals surface area (Å²) in [5, 5.41) is 4.85. The van der Waals surface area contributed by atoms with Crippen molar-refractivity contribution < 1.29 is 13.2 Å². The summed E-state index contributed by atoms with van der Waals surface area (Å²) in [6.45, 7) is 4.40. The Bertz CT molecular complexity index is 701. The second kappa shape index (κ2) is 6.40. The largest absolute Gasteiger partial charge is 0.381 e. The van der Waals surface area contributed by atoms with Crippen LogP contribution in [0.2, 0.25) is 0 Å². The first-order valence-corrected chi connectivity index (χ1v) is 10.4. The second-order valence-corrected chi connectivity index (χ2v) is 8.84. The van der Waals surface area contributed by atoms with Gasteiger partial charge in [0.15, 0.2) is 5.03 Å². The van der Waals surface area contributed by atoms with Crippen LogP contribution in [-0.4, -0.2) is 72.8 Å². The van der Waals surface area contributed by atoms with Gasteiger partial charge in [-0.2, -0.15) is 9.40 Å². The van der Waals surface area contributed by atoms with E-state index in [1.807, 2.05) is 0 Å². The highest BCUT2D eigenvalue weighted by Crippen LogP contribution is 2.30. The molecule has 2 aliphatic heterocycles. The summed E-state index contributed by atoms with van der Waals surface area (Å²) in [5.41, 5.74) is 1.92. The molecule has 1 aliphatic carbocycles. The zero-order valence-electron chi connectivity index (χ0n) is 14.3. The maximum atomic E-state index is 13.1. The highest BCUT2D eigenvalue weighted by atomic mass is 32.2. The van der Waals surface area contributed by atoms with Crippen molar-refractivity contribution in [3.63, 3.8) is 0 Å². The molecule has 0 saturated carbocycles. The molecule has 4 rings (SSSR count). The Morgan fingerprint density at radius 3 is 2.50 bits per heavy atom. The first-order chi connectivity index (χ1) is 11.6. The lowest BCUT2D eigenvalue weighted by Gasteiger charge is -2.40. The van der Waals surface area contributed by atoms with Gasteiger partial charge in [-0.1, -0.05) is 0 Å². The van der Waals surface area contributed by atoms with E-state index < -0.39 is 10.0 Å². The number of rotatable bonds is 3. The fourth-order valence-corrected chi connectivity index (χ4v) is 6.09. The summed E-state index contributed by atoms with van der Waals surface area (Å²) in [5.74, 6) is 0. The third kappa shape index (κ3) is 2.79. The Labute approximate surface area is 143 Å². The van der Waals surface area contributed by atoms with Crippen molar-refractivity contribution in [2.24, 2.45) is 7.05 Å². The highest BCUT2D eigenvalue weighted by molar-refractivity contribution is 7.89. The van der Waals surface area contributed by atoms with E-state index in [4.69, 9.17) is 4.74 Å². The molecule has 24 heavy (non-hydrogen) atoms. The standard InChI is InChI=1S/C16H26N4O3S/c1-18-16(14-3-2-4-15(14)17-18)24(21,22)20-9-7-19(8-10-20)13-5-11-23-12-6-13/h13H,2-12H2,1H3. The summed E-state index contributed by atoms with van der Waals surface area (Å²) in [4.78, 5) is 2.43. The third-order valence-corrected chi connectivity index (χ3v) is 7.62. The summed E-state index contributed by atoms with van der Waals surface area (Å²) in [6.07, 6.45) is 4.86. The lowest BCUT2D eigenvalue weighted by atomic mass is 10.1. The number of nitrogens with zero attached hydrogens (tertiary/aromatic N) is 4. The monoisotopic (exact) mass is 354 g/mol. The molecule has 1 aromatic heterocycles. The van der Waals surface area contributed by atoms with Gasteiger partial charge in [0.1, 0.15) is 0 Å². The molecule has 0 radical (unpaired) electrons. The van der Waals surface area contributed by atoms with Gasteiger partial charge in [-0.05, 0) is 32.1 Å². The molecule has 134 valence electrons. The van der Waals surface area contributed by atoms with Crippen molar-refractivity contribution in [2.75, 3.05) is 39.4 Å². The summed E-state index contributed by atoms with van der Waals surface area (Å²) >= 11 is 0. The number of hydrogen-bond donors (Lipinski definition) is 0. The number of fused-ring (bicyclic) bond motifs is 1. The average molecular weight is 354 g/mol. The Morgan fingerprint density at radius 1 is 1.08 bits per heavy atom. The summed E-state index contributed by atoms with van der Waals surface area (Å²) in [6, 6.07) is 0.546. The number of ether oxygens (including phenoxy) is 1. The fraction of sp³-hybridized carbons (Fsp3) is 0.812. The lowest BCUT2D eigenvalue weighted by molar-refractivity contribution is 0.0229. The molecule has 0 N–H and O–H groups in total. The Balaban J connectivity index is 1.49. The molecule has 3 heterocycles. The molecule has 2 fully saturated rings. The van der Waals surface area contributed by atoms with E-state index in [2.05, 4.69) is 10.00 Å². The van der Waals surface area contributed by atoms with E-state index in [-0.39, 0.29) is 0 Å². The van der Waals surface area contributed by atoms with E-state index in [0.717, 1.165) is 69.7 Å². The van der Waals surface area contributed by atoms with Gasteiger partial charge in [0.25, 0.3) is 10.0 Å². The van der Waals surface area contributed by atoms with Crippen molar-refractivity contribution >= 4 is 10.0 Å². The molecular weight excluding hydrogens is 328 g/mol. The van der Waals surface area contributed by atoms with Crippen LogP contribution in [0.5, 0.6) is 0 Å². The van der Waals surface area contributed by atoms with Crippen LogP contribution in [0.4, 0.5) is 0 Å². The number of hydrogen-bond acceptors (Lipinski definition) is 5. The number of aryl methyl sites for hydroxylation is 2. The van der Waals surface area contributed by atoms with Crippen molar-refractivity contribution in [3.05, 3.63) is 11.3 Å². The molecule has 7 nitrogen and oxygen atoms in total. The topological polar surface area (TPSA) is 67.7 Å². The molecule has 0 atom stereocenters. The third-order valence-electron chi connectivity index (χ3n) is 5.58. The van der Waals surface area contributed by atoms with Crippen molar-refractivity contribution in [2.45, 2.75) is 43.2 Å². The van der Waals surface area contributed by atoms with Crippen LogP contribution in [0.1, 0.15) is 30.5 Å². The second-order valence-electron chi connectivity index (χ2n) is 6.99. The highest BCUT2D eigenvalue weighted by Gasteiger charge is 2.36. The molecule has 1 aromatic rings. The maximum absolute atomic E-state index is 13.1. The van der Waals surface area contributed by atoms with Crippen molar-refractivity contribution in [1.82, 2.24) is 19.0 Å². The molecule has 0 unspecified atom stereocenters. The van der Waals surface area contributed by atoms with Gasteiger partial charge in [-0.3, -0.25) is 9.58 Å². The molecule has 0 bridgehead atoms. The van der Waals surface area contributed by atoms with E-state index in [1.54, 1.807) is 16.0 Å². The van der Waals surface area contributed by atoms with Gasteiger partial charge in [0.05, 0.1) is 5.69 Å². The number of piperazine rings is 1. The minimum Gasteiger partial charge on any atom is -0.381 e. The van der Waals surface area contributed by atoms with Gasteiger partial charge in [-0.15, -0.1) is 0 Å². The molecule has 0 spiro atoms. The zero-order chi connectivity index (χ0) is 16.7. The minimum atomic E-state index is -3.45. The maximum Gasteiger partial charge on any atom is 0.260 e. The van der Waals surface area contributed by atoms with E-state index in [0.29, 0.717) is 24.2 Å². The number of sulfonamides is 1. The predicted octanol–water partition coefficient (Wildman–Crippen LogP) is 0.394.